The van der Waals surface area contributed by atoms with Crippen molar-refractivity contribution in [1.82, 2.24) is 10.3 Å². The topological polar surface area (TPSA) is 81.7 Å². The van der Waals surface area contributed by atoms with Crippen molar-refractivity contribution in [2.24, 2.45) is 0 Å². The van der Waals surface area contributed by atoms with Gasteiger partial charge in [0.05, 0.1) is 20.3 Å². The summed E-state index contributed by atoms with van der Waals surface area (Å²) in [6.07, 6.45) is 3.43. The van der Waals surface area contributed by atoms with E-state index in [4.69, 9.17) is 14.2 Å². The first-order chi connectivity index (χ1) is 12.3. The number of benzene rings is 1. The second-order valence-electron chi connectivity index (χ2n) is 5.58. The zero-order valence-corrected chi connectivity index (χ0v) is 14.0. The predicted octanol–water partition coefficient (Wildman–Crippen LogP) is 1.60. The number of ether oxygens (including phenoxy) is 3. The molecule has 132 valence electrons. The zero-order valence-electron chi connectivity index (χ0n) is 14.0. The summed E-state index contributed by atoms with van der Waals surface area (Å²) in [5.74, 6) is 1.03. The highest BCUT2D eigenvalue weighted by Crippen LogP contribution is 2.31. The number of methoxy groups -OCH3 is 1. The number of pyridine rings is 1. The minimum atomic E-state index is -0.350. The van der Waals surface area contributed by atoms with Crippen LogP contribution >= 0.6 is 0 Å². The third-order valence-corrected chi connectivity index (χ3v) is 3.81. The molecule has 25 heavy (non-hydrogen) atoms. The lowest BCUT2D eigenvalue weighted by molar-refractivity contribution is -0.120. The van der Waals surface area contributed by atoms with Gasteiger partial charge < -0.3 is 24.8 Å². The van der Waals surface area contributed by atoms with Crippen LogP contribution in [0.2, 0.25) is 0 Å². The van der Waals surface area contributed by atoms with E-state index in [1.807, 2.05) is 12.1 Å². The van der Waals surface area contributed by atoms with E-state index in [-0.39, 0.29) is 11.9 Å². The number of hydrogen-bond donors (Lipinski definition) is 2. The summed E-state index contributed by atoms with van der Waals surface area (Å²) in [5, 5.41) is 6.00. The van der Waals surface area contributed by atoms with Crippen molar-refractivity contribution in [2.45, 2.75) is 12.6 Å². The Morgan fingerprint density at radius 1 is 1.32 bits per heavy atom. The molecule has 0 spiro atoms. The second-order valence-corrected chi connectivity index (χ2v) is 5.58. The van der Waals surface area contributed by atoms with Gasteiger partial charge in [-0.1, -0.05) is 0 Å². The van der Waals surface area contributed by atoms with Gasteiger partial charge in [0, 0.05) is 30.7 Å². The molecule has 1 aromatic carbocycles. The number of carbonyl (C=O) groups is 1. The number of amides is 1. The standard InChI is InChI=1S/C18H21N3O4/c1-23-16-3-2-14(21-18(22)15-12-24-9-8-20-15)10-17(16)25-11-13-4-6-19-7-5-13/h2-7,10,15,20H,8-9,11-12H2,1H3,(H,21,22). The first kappa shape index (κ1) is 17.2. The Morgan fingerprint density at radius 2 is 2.16 bits per heavy atom. The van der Waals surface area contributed by atoms with E-state index in [2.05, 4.69) is 15.6 Å². The zero-order chi connectivity index (χ0) is 17.5. The van der Waals surface area contributed by atoms with Crippen molar-refractivity contribution in [3.8, 4) is 11.5 Å². The fourth-order valence-electron chi connectivity index (χ4n) is 2.47. The van der Waals surface area contributed by atoms with Crippen molar-refractivity contribution in [3.63, 3.8) is 0 Å². The van der Waals surface area contributed by atoms with E-state index in [1.165, 1.54) is 0 Å². The summed E-state index contributed by atoms with van der Waals surface area (Å²) in [7, 11) is 1.58. The fraction of sp³-hybridized carbons (Fsp3) is 0.333. The minimum Gasteiger partial charge on any atom is -0.493 e. The molecule has 2 aromatic rings. The number of nitrogens with one attached hydrogen (secondary N) is 2. The lowest BCUT2D eigenvalue weighted by Gasteiger charge is -2.23. The molecule has 1 aromatic heterocycles. The van der Waals surface area contributed by atoms with Crippen LogP contribution in [-0.4, -0.2) is 43.8 Å². The summed E-state index contributed by atoms with van der Waals surface area (Å²) in [5.41, 5.74) is 1.64. The highest BCUT2D eigenvalue weighted by atomic mass is 16.5. The average molecular weight is 343 g/mol. The molecule has 1 aliphatic heterocycles. The third kappa shape index (κ3) is 4.68. The van der Waals surface area contributed by atoms with E-state index in [0.717, 1.165) is 5.56 Å². The Kier molecular flexibility index (Phi) is 5.81. The normalized spacial score (nSPS) is 16.9. The molecule has 1 fully saturated rings. The summed E-state index contributed by atoms with van der Waals surface area (Å²) in [6.45, 7) is 2.04. The van der Waals surface area contributed by atoms with Gasteiger partial charge in [-0.25, -0.2) is 0 Å². The number of aromatic nitrogens is 1. The Hall–Kier alpha value is -2.64. The molecule has 1 atom stereocenters. The van der Waals surface area contributed by atoms with Crippen LogP contribution in [0.4, 0.5) is 5.69 Å². The SMILES string of the molecule is COc1ccc(NC(=O)C2COCCN2)cc1OCc1ccncc1. The molecule has 2 heterocycles. The van der Waals surface area contributed by atoms with Crippen molar-refractivity contribution in [1.29, 1.82) is 0 Å². The molecule has 0 aliphatic carbocycles. The van der Waals surface area contributed by atoms with Gasteiger partial charge in [0.15, 0.2) is 11.5 Å². The van der Waals surface area contributed by atoms with Crippen LogP contribution in [0.1, 0.15) is 5.56 Å². The number of morpholine rings is 1. The Morgan fingerprint density at radius 3 is 2.88 bits per heavy atom. The largest absolute Gasteiger partial charge is 0.493 e. The molecular weight excluding hydrogens is 322 g/mol. The molecule has 1 unspecified atom stereocenters. The summed E-state index contributed by atoms with van der Waals surface area (Å²) >= 11 is 0. The third-order valence-electron chi connectivity index (χ3n) is 3.81. The Labute approximate surface area is 146 Å². The van der Waals surface area contributed by atoms with E-state index < -0.39 is 0 Å². The van der Waals surface area contributed by atoms with Crippen LogP contribution < -0.4 is 20.1 Å². The second kappa shape index (κ2) is 8.46. The highest BCUT2D eigenvalue weighted by molar-refractivity contribution is 5.95. The number of carbonyl (C=O) groups excluding carboxylic acids is 1. The first-order valence-electron chi connectivity index (χ1n) is 8.08. The lowest BCUT2D eigenvalue weighted by atomic mass is 10.2. The van der Waals surface area contributed by atoms with Crippen LogP contribution in [0.25, 0.3) is 0 Å². The molecule has 1 saturated heterocycles. The molecule has 0 bridgehead atoms. The monoisotopic (exact) mass is 343 g/mol. The molecule has 1 aliphatic rings. The summed E-state index contributed by atoms with van der Waals surface area (Å²) in [4.78, 5) is 16.3. The van der Waals surface area contributed by atoms with Crippen LogP contribution in [0, 0.1) is 0 Å². The van der Waals surface area contributed by atoms with Crippen LogP contribution in [0.15, 0.2) is 42.7 Å². The number of nitrogens with zero attached hydrogens (tertiary/aromatic N) is 1. The van der Waals surface area contributed by atoms with Gasteiger partial charge in [0.2, 0.25) is 5.91 Å². The van der Waals surface area contributed by atoms with Crippen molar-refractivity contribution < 1.29 is 19.0 Å². The highest BCUT2D eigenvalue weighted by Gasteiger charge is 2.21. The summed E-state index contributed by atoms with van der Waals surface area (Å²) < 4.78 is 16.5. The lowest BCUT2D eigenvalue weighted by Crippen LogP contribution is -2.48. The van der Waals surface area contributed by atoms with Gasteiger partial charge >= 0.3 is 0 Å². The predicted molar refractivity (Wildman–Crippen MR) is 92.8 cm³/mol. The molecule has 3 rings (SSSR count). The Balaban J connectivity index is 1.67. The maximum atomic E-state index is 12.3. The van der Waals surface area contributed by atoms with Gasteiger partial charge in [-0.3, -0.25) is 9.78 Å². The summed E-state index contributed by atoms with van der Waals surface area (Å²) in [6, 6.07) is 8.71. The van der Waals surface area contributed by atoms with Gasteiger partial charge in [0.1, 0.15) is 12.6 Å². The number of hydrogen-bond acceptors (Lipinski definition) is 6. The number of rotatable bonds is 6. The van der Waals surface area contributed by atoms with Gasteiger partial charge in [-0.2, -0.15) is 0 Å². The van der Waals surface area contributed by atoms with E-state index in [0.29, 0.717) is 43.6 Å². The molecule has 1 amide bonds. The minimum absolute atomic E-state index is 0.134. The Bertz CT molecular complexity index is 703. The molecule has 2 N–H and O–H groups in total. The number of anilines is 1. The van der Waals surface area contributed by atoms with Gasteiger partial charge in [-0.15, -0.1) is 0 Å². The van der Waals surface area contributed by atoms with E-state index in [9.17, 15) is 4.79 Å². The van der Waals surface area contributed by atoms with Crippen LogP contribution in [0.5, 0.6) is 11.5 Å². The van der Waals surface area contributed by atoms with E-state index in [1.54, 1.807) is 37.7 Å². The smallest absolute Gasteiger partial charge is 0.243 e. The molecule has 0 radical (unpaired) electrons. The quantitative estimate of drug-likeness (QED) is 0.829. The van der Waals surface area contributed by atoms with E-state index >= 15 is 0 Å². The average Bonchev–Trinajstić information content (AvgIpc) is 2.68. The maximum absolute atomic E-state index is 12.3. The molecule has 7 heteroatoms. The molecular formula is C18H21N3O4. The van der Waals surface area contributed by atoms with Crippen molar-refractivity contribution in [2.75, 3.05) is 32.2 Å². The van der Waals surface area contributed by atoms with Crippen molar-refractivity contribution >= 4 is 11.6 Å². The van der Waals surface area contributed by atoms with Crippen molar-refractivity contribution in [3.05, 3.63) is 48.3 Å². The van der Waals surface area contributed by atoms with Crippen LogP contribution in [-0.2, 0) is 16.1 Å². The first-order valence-corrected chi connectivity index (χ1v) is 8.08. The molecule has 0 saturated carbocycles. The van der Waals surface area contributed by atoms with Gasteiger partial charge in [-0.05, 0) is 29.8 Å². The maximum Gasteiger partial charge on any atom is 0.243 e. The fourth-order valence-corrected chi connectivity index (χ4v) is 2.47. The van der Waals surface area contributed by atoms with Gasteiger partial charge in [0.25, 0.3) is 0 Å². The van der Waals surface area contributed by atoms with Crippen LogP contribution in [0.3, 0.4) is 0 Å². The molecule has 7 nitrogen and oxygen atoms in total.